The van der Waals surface area contributed by atoms with Gasteiger partial charge in [0.1, 0.15) is 17.0 Å². The third kappa shape index (κ3) is 2.99. The van der Waals surface area contributed by atoms with E-state index in [0.29, 0.717) is 0 Å². The Bertz CT molecular complexity index is 1150. The number of anilines is 2. The van der Waals surface area contributed by atoms with E-state index in [9.17, 15) is 0 Å². The maximum atomic E-state index is 6.02. The fourth-order valence-corrected chi connectivity index (χ4v) is 5.11. The molecule has 0 aliphatic heterocycles. The number of nitrogens with one attached hydrogen (secondary N) is 1. The van der Waals surface area contributed by atoms with Crippen LogP contribution >= 0.6 is 22.9 Å². The van der Waals surface area contributed by atoms with Crippen LogP contribution in [0.15, 0.2) is 48.8 Å². The lowest BCUT2D eigenvalue weighted by Crippen LogP contribution is -1.96. The van der Waals surface area contributed by atoms with Crippen molar-refractivity contribution in [1.29, 1.82) is 0 Å². The van der Waals surface area contributed by atoms with Gasteiger partial charge in [0.25, 0.3) is 0 Å². The molecular weight excluding hydrogens is 374 g/mol. The van der Waals surface area contributed by atoms with Gasteiger partial charge in [0.05, 0.1) is 5.39 Å². The monoisotopic (exact) mass is 391 g/mol. The minimum absolute atomic E-state index is 0.724. The van der Waals surface area contributed by atoms with Gasteiger partial charge < -0.3 is 5.32 Å². The van der Waals surface area contributed by atoms with Gasteiger partial charge in [0, 0.05) is 21.2 Å². The zero-order chi connectivity index (χ0) is 18.4. The van der Waals surface area contributed by atoms with Crippen LogP contribution in [0.2, 0.25) is 5.02 Å². The third-order valence-electron chi connectivity index (χ3n) is 5.05. The van der Waals surface area contributed by atoms with Crippen LogP contribution in [0, 0.1) is 6.92 Å². The third-order valence-corrected chi connectivity index (χ3v) is 6.46. The summed E-state index contributed by atoms with van der Waals surface area (Å²) in [6.07, 6.45) is 5.02. The maximum Gasteiger partial charge on any atom is 0.143 e. The lowest BCUT2D eigenvalue weighted by Gasteiger charge is -2.11. The summed E-state index contributed by atoms with van der Waals surface area (Å²) in [7, 11) is 0. The Morgan fingerprint density at radius 1 is 1.04 bits per heavy atom. The summed E-state index contributed by atoms with van der Waals surface area (Å²) in [5, 5.41) is 5.32. The van der Waals surface area contributed by atoms with E-state index < -0.39 is 0 Å². The van der Waals surface area contributed by atoms with Crippen molar-refractivity contribution in [2.75, 3.05) is 5.32 Å². The van der Waals surface area contributed by atoms with Crippen molar-refractivity contribution in [3.63, 3.8) is 0 Å². The largest absolute Gasteiger partial charge is 0.340 e. The highest BCUT2D eigenvalue weighted by Crippen LogP contribution is 2.45. The van der Waals surface area contributed by atoms with Gasteiger partial charge in [-0.3, -0.25) is 0 Å². The predicted molar refractivity (Wildman–Crippen MR) is 114 cm³/mol. The van der Waals surface area contributed by atoms with Gasteiger partial charge in [0.15, 0.2) is 0 Å². The Morgan fingerprint density at radius 2 is 1.89 bits per heavy atom. The molecule has 2 aromatic heterocycles. The van der Waals surface area contributed by atoms with E-state index in [1.54, 1.807) is 17.7 Å². The Morgan fingerprint density at radius 3 is 2.74 bits per heavy atom. The van der Waals surface area contributed by atoms with Gasteiger partial charge in [-0.05, 0) is 61.6 Å². The number of benzene rings is 2. The lowest BCUT2D eigenvalue weighted by molar-refractivity contribution is 0.844. The van der Waals surface area contributed by atoms with E-state index in [1.165, 1.54) is 33.6 Å². The molecule has 0 saturated carbocycles. The highest BCUT2D eigenvalue weighted by molar-refractivity contribution is 7.19. The fourth-order valence-electron chi connectivity index (χ4n) is 3.79. The van der Waals surface area contributed by atoms with Gasteiger partial charge in [0.2, 0.25) is 0 Å². The predicted octanol–water partition coefficient (Wildman–Crippen LogP) is 6.55. The second-order valence-electron chi connectivity index (χ2n) is 6.95. The van der Waals surface area contributed by atoms with Crippen molar-refractivity contribution in [2.24, 2.45) is 0 Å². The van der Waals surface area contributed by atoms with Crippen LogP contribution in [0.1, 0.15) is 22.4 Å². The first-order valence-electron chi connectivity index (χ1n) is 9.08. The Hall–Kier alpha value is -2.43. The van der Waals surface area contributed by atoms with Crippen molar-refractivity contribution >= 4 is 44.7 Å². The van der Waals surface area contributed by atoms with E-state index in [0.717, 1.165) is 39.6 Å². The Balaban J connectivity index is 1.74. The Labute approximate surface area is 167 Å². The number of nitrogens with zero attached hydrogens (tertiary/aromatic N) is 2. The molecule has 0 saturated heterocycles. The molecule has 134 valence electrons. The number of hydrogen-bond donors (Lipinski definition) is 1. The second kappa shape index (κ2) is 6.63. The molecule has 1 aliphatic rings. The number of aromatic nitrogens is 2. The van der Waals surface area contributed by atoms with Gasteiger partial charge in [-0.25, -0.2) is 9.97 Å². The minimum Gasteiger partial charge on any atom is -0.340 e. The van der Waals surface area contributed by atoms with Crippen LogP contribution in [-0.4, -0.2) is 9.97 Å². The average molecular weight is 392 g/mol. The number of halogens is 1. The number of fused-ring (bicyclic) bond motifs is 5. The molecule has 3 nitrogen and oxygen atoms in total. The molecule has 0 atom stereocenters. The summed E-state index contributed by atoms with van der Waals surface area (Å²) in [4.78, 5) is 11.6. The van der Waals surface area contributed by atoms with Gasteiger partial charge in [-0.15, -0.1) is 11.3 Å². The molecule has 1 N–H and O–H groups in total. The SMILES string of the molecule is Cc1ccc2c(c1)-c1c(sc3ncnc(Nc4ccc(Cl)cc4)c13)CCC2. The number of aryl methyl sites for hydroxylation is 3. The second-order valence-corrected chi connectivity index (χ2v) is 8.47. The van der Waals surface area contributed by atoms with E-state index in [2.05, 4.69) is 40.4 Å². The first-order chi connectivity index (χ1) is 13.2. The standard InChI is InChI=1S/C22H18ClN3S/c1-13-5-6-14-3-2-4-18-19(17(14)11-13)20-21(24-12-25-22(20)27-18)26-16-9-7-15(23)8-10-16/h5-12H,2-4H2,1H3,(H,24,25,26). The molecule has 5 rings (SSSR count). The van der Waals surface area contributed by atoms with Crippen LogP contribution in [-0.2, 0) is 12.8 Å². The molecular formula is C22H18ClN3S. The average Bonchev–Trinajstić information content (AvgIpc) is 2.95. The highest BCUT2D eigenvalue weighted by Gasteiger charge is 2.23. The summed E-state index contributed by atoms with van der Waals surface area (Å²) in [5.41, 5.74) is 6.31. The van der Waals surface area contributed by atoms with Crippen molar-refractivity contribution < 1.29 is 0 Å². The zero-order valence-electron chi connectivity index (χ0n) is 14.9. The van der Waals surface area contributed by atoms with E-state index in [-0.39, 0.29) is 0 Å². The lowest BCUT2D eigenvalue weighted by atomic mass is 9.96. The topological polar surface area (TPSA) is 37.8 Å². The van der Waals surface area contributed by atoms with Gasteiger partial charge in [-0.2, -0.15) is 0 Å². The first kappa shape index (κ1) is 16.7. The highest BCUT2D eigenvalue weighted by atomic mass is 35.5. The quantitative estimate of drug-likeness (QED) is 0.420. The maximum absolute atomic E-state index is 6.02. The molecule has 1 aliphatic carbocycles. The first-order valence-corrected chi connectivity index (χ1v) is 10.3. The van der Waals surface area contributed by atoms with Crippen LogP contribution in [0.5, 0.6) is 0 Å². The van der Waals surface area contributed by atoms with Crippen molar-refractivity contribution in [3.8, 4) is 11.1 Å². The molecule has 0 fully saturated rings. The molecule has 0 spiro atoms. The van der Waals surface area contributed by atoms with Crippen molar-refractivity contribution in [3.05, 3.63) is 69.8 Å². The van der Waals surface area contributed by atoms with Crippen LogP contribution in [0.4, 0.5) is 11.5 Å². The molecule has 2 heterocycles. The molecule has 5 heteroatoms. The van der Waals surface area contributed by atoms with Crippen molar-refractivity contribution in [2.45, 2.75) is 26.2 Å². The normalized spacial score (nSPS) is 13.1. The van der Waals surface area contributed by atoms with Gasteiger partial charge in [-0.1, -0.05) is 35.4 Å². The molecule has 0 unspecified atom stereocenters. The van der Waals surface area contributed by atoms with Crippen LogP contribution < -0.4 is 5.32 Å². The smallest absolute Gasteiger partial charge is 0.143 e. The van der Waals surface area contributed by atoms with Gasteiger partial charge >= 0.3 is 0 Å². The summed E-state index contributed by atoms with van der Waals surface area (Å²) in [6, 6.07) is 14.5. The molecule has 0 amide bonds. The zero-order valence-corrected chi connectivity index (χ0v) is 16.5. The number of rotatable bonds is 2. The van der Waals surface area contributed by atoms with E-state index in [4.69, 9.17) is 11.6 Å². The van der Waals surface area contributed by atoms with Crippen LogP contribution in [0.3, 0.4) is 0 Å². The molecule has 2 aromatic carbocycles. The summed E-state index contributed by atoms with van der Waals surface area (Å²) in [5.74, 6) is 0.856. The van der Waals surface area contributed by atoms with E-state index in [1.807, 2.05) is 24.3 Å². The number of hydrogen-bond acceptors (Lipinski definition) is 4. The summed E-state index contributed by atoms with van der Waals surface area (Å²) < 4.78 is 0. The fraction of sp³-hybridized carbons (Fsp3) is 0.182. The van der Waals surface area contributed by atoms with Crippen LogP contribution in [0.25, 0.3) is 21.3 Å². The summed E-state index contributed by atoms with van der Waals surface area (Å²) in [6.45, 7) is 2.16. The molecule has 4 aromatic rings. The Kier molecular flexibility index (Phi) is 4.10. The molecule has 27 heavy (non-hydrogen) atoms. The summed E-state index contributed by atoms with van der Waals surface area (Å²) >= 11 is 7.82. The molecule has 0 bridgehead atoms. The molecule has 0 radical (unpaired) electrons. The minimum atomic E-state index is 0.724. The van der Waals surface area contributed by atoms with E-state index >= 15 is 0 Å². The number of thiophene rings is 1. The van der Waals surface area contributed by atoms with Crippen molar-refractivity contribution in [1.82, 2.24) is 9.97 Å².